The monoisotopic (exact) mass is 327 g/mol. The smallest absolute Gasteiger partial charge is 0.321 e. The van der Waals surface area contributed by atoms with Gasteiger partial charge in [-0.15, -0.1) is 0 Å². The number of anilines is 1. The number of piperidine rings is 1. The number of likely N-dealkylation sites (tertiary alicyclic amines) is 1. The van der Waals surface area contributed by atoms with Crippen LogP contribution in [0.3, 0.4) is 0 Å². The van der Waals surface area contributed by atoms with Crippen LogP contribution in [-0.4, -0.2) is 61.3 Å². The van der Waals surface area contributed by atoms with Crippen LogP contribution in [0.25, 0.3) is 0 Å². The molecule has 23 heavy (non-hydrogen) atoms. The molecule has 1 aliphatic heterocycles. The fraction of sp³-hybridized carbons (Fsp3) is 0.562. The standard InChI is InChI=1S/C16H23F2N3O2/c1-20(2)10-16(11-22)5-7-21(8-6-16)15(23)19-14-9-12(17)3-4-13(14)18/h3-4,9,22H,5-8,10-11H2,1-2H3,(H,19,23). The van der Waals surface area contributed by atoms with Crippen LogP contribution in [0.2, 0.25) is 0 Å². The van der Waals surface area contributed by atoms with Gasteiger partial charge < -0.3 is 20.2 Å². The summed E-state index contributed by atoms with van der Waals surface area (Å²) in [6, 6.07) is 2.49. The summed E-state index contributed by atoms with van der Waals surface area (Å²) in [7, 11) is 3.90. The highest BCUT2D eigenvalue weighted by atomic mass is 19.1. The number of aliphatic hydroxyl groups excluding tert-OH is 1. The van der Waals surface area contributed by atoms with Gasteiger partial charge in [-0.2, -0.15) is 0 Å². The number of hydrogen-bond donors (Lipinski definition) is 2. The molecule has 2 amide bonds. The topological polar surface area (TPSA) is 55.8 Å². The summed E-state index contributed by atoms with van der Waals surface area (Å²) in [6.45, 7) is 1.75. The highest BCUT2D eigenvalue weighted by Crippen LogP contribution is 2.32. The number of urea groups is 1. The second kappa shape index (κ2) is 7.23. The van der Waals surface area contributed by atoms with Crippen molar-refractivity contribution in [1.82, 2.24) is 9.80 Å². The summed E-state index contributed by atoms with van der Waals surface area (Å²) >= 11 is 0. The van der Waals surface area contributed by atoms with Crippen molar-refractivity contribution in [3.05, 3.63) is 29.8 Å². The fourth-order valence-corrected chi connectivity index (χ4v) is 3.01. The molecule has 1 fully saturated rings. The Morgan fingerprint density at radius 3 is 2.57 bits per heavy atom. The Labute approximate surface area is 134 Å². The van der Waals surface area contributed by atoms with Crippen LogP contribution < -0.4 is 5.32 Å². The van der Waals surface area contributed by atoms with Crippen molar-refractivity contribution in [2.75, 3.05) is 45.7 Å². The number of hydrogen-bond acceptors (Lipinski definition) is 3. The predicted molar refractivity (Wildman–Crippen MR) is 84.3 cm³/mol. The van der Waals surface area contributed by atoms with Crippen LogP contribution in [0.5, 0.6) is 0 Å². The third-order valence-electron chi connectivity index (χ3n) is 4.27. The highest BCUT2D eigenvalue weighted by Gasteiger charge is 2.36. The Hall–Kier alpha value is -1.73. The molecule has 2 N–H and O–H groups in total. The predicted octanol–water partition coefficient (Wildman–Crippen LogP) is 2.13. The molecule has 128 valence electrons. The molecule has 0 unspecified atom stereocenters. The van der Waals surface area contributed by atoms with E-state index < -0.39 is 17.7 Å². The molecule has 0 saturated carbocycles. The maximum Gasteiger partial charge on any atom is 0.321 e. The van der Waals surface area contributed by atoms with Crippen molar-refractivity contribution in [2.24, 2.45) is 5.41 Å². The molecule has 1 saturated heterocycles. The first-order valence-electron chi connectivity index (χ1n) is 7.62. The maximum atomic E-state index is 13.6. The molecule has 0 aliphatic carbocycles. The average molecular weight is 327 g/mol. The van der Waals surface area contributed by atoms with E-state index in [4.69, 9.17) is 0 Å². The molecule has 1 aromatic rings. The molecular formula is C16H23F2N3O2. The SMILES string of the molecule is CN(C)CC1(CO)CCN(C(=O)Nc2cc(F)ccc2F)CC1. The average Bonchev–Trinajstić information content (AvgIpc) is 2.51. The van der Waals surface area contributed by atoms with E-state index in [1.807, 2.05) is 19.0 Å². The lowest BCUT2D eigenvalue weighted by Crippen LogP contribution is -2.49. The molecule has 0 atom stereocenters. The Morgan fingerprint density at radius 1 is 1.35 bits per heavy atom. The highest BCUT2D eigenvalue weighted by molar-refractivity contribution is 5.89. The van der Waals surface area contributed by atoms with Crippen molar-refractivity contribution in [2.45, 2.75) is 12.8 Å². The van der Waals surface area contributed by atoms with Gasteiger partial charge in [-0.25, -0.2) is 13.6 Å². The van der Waals surface area contributed by atoms with Crippen molar-refractivity contribution in [3.63, 3.8) is 0 Å². The molecule has 0 bridgehead atoms. The Bertz CT molecular complexity index is 558. The Balaban J connectivity index is 1.97. The summed E-state index contributed by atoms with van der Waals surface area (Å²) in [6.07, 6.45) is 1.33. The van der Waals surface area contributed by atoms with E-state index in [2.05, 4.69) is 5.32 Å². The van der Waals surface area contributed by atoms with E-state index in [1.54, 1.807) is 4.90 Å². The summed E-state index contributed by atoms with van der Waals surface area (Å²) in [4.78, 5) is 15.8. The number of aliphatic hydroxyl groups is 1. The maximum absolute atomic E-state index is 13.6. The largest absolute Gasteiger partial charge is 0.396 e. The van der Waals surface area contributed by atoms with Gasteiger partial charge >= 0.3 is 6.03 Å². The van der Waals surface area contributed by atoms with Gasteiger partial charge in [-0.1, -0.05) is 0 Å². The Kier molecular flexibility index (Phi) is 5.54. The number of carbonyl (C=O) groups is 1. The van der Waals surface area contributed by atoms with E-state index in [9.17, 15) is 18.7 Å². The number of halogens is 2. The minimum absolute atomic E-state index is 0.0686. The third-order valence-corrected chi connectivity index (χ3v) is 4.27. The summed E-state index contributed by atoms with van der Waals surface area (Å²) in [5.74, 6) is -1.28. The zero-order chi connectivity index (χ0) is 17.0. The lowest BCUT2D eigenvalue weighted by atomic mass is 9.79. The van der Waals surface area contributed by atoms with Crippen LogP contribution in [0.15, 0.2) is 18.2 Å². The quantitative estimate of drug-likeness (QED) is 0.891. The number of benzene rings is 1. The lowest BCUT2D eigenvalue weighted by molar-refractivity contribution is 0.0358. The van der Waals surface area contributed by atoms with Gasteiger partial charge in [0.05, 0.1) is 12.3 Å². The molecule has 1 heterocycles. The van der Waals surface area contributed by atoms with Crippen molar-refractivity contribution >= 4 is 11.7 Å². The molecule has 5 nitrogen and oxygen atoms in total. The zero-order valence-corrected chi connectivity index (χ0v) is 13.5. The molecule has 1 aromatic carbocycles. The first kappa shape index (κ1) is 17.6. The van der Waals surface area contributed by atoms with Crippen molar-refractivity contribution in [1.29, 1.82) is 0 Å². The number of nitrogens with zero attached hydrogens (tertiary/aromatic N) is 2. The molecule has 7 heteroatoms. The van der Waals surface area contributed by atoms with Gasteiger partial charge in [-0.05, 0) is 39.1 Å². The van der Waals surface area contributed by atoms with Gasteiger partial charge in [0.2, 0.25) is 0 Å². The first-order chi connectivity index (χ1) is 10.8. The second-order valence-corrected chi connectivity index (χ2v) is 6.44. The zero-order valence-electron chi connectivity index (χ0n) is 13.5. The van der Waals surface area contributed by atoms with Crippen LogP contribution in [-0.2, 0) is 0 Å². The third kappa shape index (κ3) is 4.39. The van der Waals surface area contributed by atoms with Gasteiger partial charge in [0.15, 0.2) is 0 Å². The van der Waals surface area contributed by atoms with E-state index in [-0.39, 0.29) is 17.7 Å². The minimum atomic E-state index is -0.672. The second-order valence-electron chi connectivity index (χ2n) is 6.44. The van der Waals surface area contributed by atoms with Crippen LogP contribution in [0.1, 0.15) is 12.8 Å². The van der Waals surface area contributed by atoms with Gasteiger partial charge in [0.1, 0.15) is 11.6 Å². The molecular weight excluding hydrogens is 304 g/mol. The van der Waals surface area contributed by atoms with Crippen molar-refractivity contribution < 1.29 is 18.7 Å². The van der Waals surface area contributed by atoms with Gasteiger partial charge in [0.25, 0.3) is 0 Å². The lowest BCUT2D eigenvalue weighted by Gasteiger charge is -2.42. The molecule has 0 radical (unpaired) electrons. The van der Waals surface area contributed by atoms with E-state index in [1.165, 1.54) is 0 Å². The van der Waals surface area contributed by atoms with Crippen LogP contribution >= 0.6 is 0 Å². The van der Waals surface area contributed by atoms with Crippen molar-refractivity contribution in [3.8, 4) is 0 Å². The van der Waals surface area contributed by atoms with E-state index >= 15 is 0 Å². The Morgan fingerprint density at radius 2 is 2.00 bits per heavy atom. The summed E-state index contributed by atoms with van der Waals surface area (Å²) in [5.41, 5.74) is -0.382. The first-order valence-corrected chi connectivity index (χ1v) is 7.62. The molecule has 2 rings (SSSR count). The number of amides is 2. The normalized spacial score (nSPS) is 17.4. The fourth-order valence-electron chi connectivity index (χ4n) is 3.01. The van der Waals surface area contributed by atoms with Gasteiger partial charge in [0, 0.05) is 31.1 Å². The van der Waals surface area contributed by atoms with Crippen LogP contribution in [0.4, 0.5) is 19.3 Å². The van der Waals surface area contributed by atoms with E-state index in [0.29, 0.717) is 25.9 Å². The number of nitrogens with one attached hydrogen (secondary N) is 1. The molecule has 1 aliphatic rings. The van der Waals surface area contributed by atoms with Gasteiger partial charge in [-0.3, -0.25) is 0 Å². The number of carbonyl (C=O) groups excluding carboxylic acids is 1. The van der Waals surface area contributed by atoms with E-state index in [0.717, 1.165) is 24.7 Å². The number of rotatable bonds is 4. The van der Waals surface area contributed by atoms with Crippen LogP contribution in [0, 0.1) is 17.0 Å². The molecule has 0 aromatic heterocycles. The summed E-state index contributed by atoms with van der Waals surface area (Å²) < 4.78 is 26.7. The molecule has 0 spiro atoms. The minimum Gasteiger partial charge on any atom is -0.396 e. The summed E-state index contributed by atoms with van der Waals surface area (Å²) in [5, 5.41) is 12.1.